The Balaban J connectivity index is 1.93. The Morgan fingerprint density at radius 3 is 2.48 bits per heavy atom. The van der Waals surface area contributed by atoms with Gasteiger partial charge in [-0.2, -0.15) is 13.2 Å². The predicted molar refractivity (Wildman–Crippen MR) is 80.6 cm³/mol. The van der Waals surface area contributed by atoms with Gasteiger partial charge in [0.25, 0.3) is 0 Å². The molecular formula is C16H17F3N2O4. The van der Waals surface area contributed by atoms with Crippen LogP contribution in [-0.4, -0.2) is 53.6 Å². The predicted octanol–water partition coefficient (Wildman–Crippen LogP) is 1.38. The third-order valence-electron chi connectivity index (χ3n) is 3.94. The highest BCUT2D eigenvalue weighted by molar-refractivity contribution is 5.89. The van der Waals surface area contributed by atoms with Crippen molar-refractivity contribution in [1.29, 1.82) is 0 Å². The van der Waals surface area contributed by atoms with E-state index in [9.17, 15) is 32.7 Å². The van der Waals surface area contributed by atoms with Crippen molar-refractivity contribution in [3.05, 3.63) is 35.9 Å². The van der Waals surface area contributed by atoms with Crippen LogP contribution in [0.15, 0.2) is 30.3 Å². The van der Waals surface area contributed by atoms with Crippen LogP contribution in [0.1, 0.15) is 17.9 Å². The summed E-state index contributed by atoms with van der Waals surface area (Å²) in [6, 6.07) is 8.26. The maximum Gasteiger partial charge on any atom is 0.406 e. The van der Waals surface area contributed by atoms with Crippen molar-refractivity contribution in [2.75, 3.05) is 19.6 Å². The number of aliphatic carboxylic acids is 1. The van der Waals surface area contributed by atoms with Gasteiger partial charge in [0.1, 0.15) is 6.54 Å². The molecule has 136 valence electrons. The number of carbonyl (C=O) groups excluding carboxylic acids is 2. The summed E-state index contributed by atoms with van der Waals surface area (Å²) in [6.45, 7) is -1.92. The average Bonchev–Trinajstić information content (AvgIpc) is 2.87. The molecule has 1 aromatic carbocycles. The summed E-state index contributed by atoms with van der Waals surface area (Å²) in [7, 11) is 0. The minimum atomic E-state index is -4.53. The lowest BCUT2D eigenvalue weighted by molar-refractivity contribution is -0.157. The SMILES string of the molecule is O=C(NCC(C(=O)O)c1ccccc1)C1CC(=O)N(CC(F)(F)F)C1. The lowest BCUT2D eigenvalue weighted by atomic mass is 9.99. The number of hydrogen-bond acceptors (Lipinski definition) is 3. The summed E-state index contributed by atoms with van der Waals surface area (Å²) >= 11 is 0. The molecule has 1 aromatic rings. The highest BCUT2D eigenvalue weighted by Gasteiger charge is 2.40. The van der Waals surface area contributed by atoms with Gasteiger partial charge in [-0.25, -0.2) is 0 Å². The molecule has 0 aromatic heterocycles. The molecule has 0 spiro atoms. The second kappa shape index (κ2) is 7.54. The Labute approximate surface area is 141 Å². The summed E-state index contributed by atoms with van der Waals surface area (Å²) in [5, 5.41) is 11.7. The van der Waals surface area contributed by atoms with Crippen LogP contribution in [0.3, 0.4) is 0 Å². The molecule has 2 N–H and O–H groups in total. The van der Waals surface area contributed by atoms with Crippen LogP contribution < -0.4 is 5.32 Å². The molecule has 0 saturated carbocycles. The van der Waals surface area contributed by atoms with Gasteiger partial charge in [-0.1, -0.05) is 30.3 Å². The number of nitrogens with one attached hydrogen (secondary N) is 1. The number of carboxylic acid groups (broad SMARTS) is 1. The number of alkyl halides is 3. The maximum atomic E-state index is 12.4. The molecule has 2 atom stereocenters. The van der Waals surface area contributed by atoms with E-state index in [0.717, 1.165) is 0 Å². The van der Waals surface area contributed by atoms with E-state index in [4.69, 9.17) is 0 Å². The zero-order valence-corrected chi connectivity index (χ0v) is 13.1. The quantitative estimate of drug-likeness (QED) is 0.804. The molecule has 6 nitrogen and oxygen atoms in total. The van der Waals surface area contributed by atoms with Crippen molar-refractivity contribution >= 4 is 17.8 Å². The van der Waals surface area contributed by atoms with Crippen LogP contribution in [0.4, 0.5) is 13.2 Å². The summed E-state index contributed by atoms with van der Waals surface area (Å²) in [4.78, 5) is 35.6. The van der Waals surface area contributed by atoms with E-state index in [1.165, 1.54) is 0 Å². The molecule has 0 radical (unpaired) electrons. The first kappa shape index (κ1) is 18.8. The highest BCUT2D eigenvalue weighted by Crippen LogP contribution is 2.24. The molecule has 2 amide bonds. The molecule has 1 aliphatic heterocycles. The van der Waals surface area contributed by atoms with Crippen molar-refractivity contribution < 1.29 is 32.7 Å². The molecule has 1 aliphatic rings. The second-order valence-electron chi connectivity index (χ2n) is 5.84. The summed E-state index contributed by atoms with van der Waals surface area (Å²) < 4.78 is 37.1. The number of nitrogens with zero attached hydrogens (tertiary/aromatic N) is 1. The molecule has 25 heavy (non-hydrogen) atoms. The van der Waals surface area contributed by atoms with E-state index in [1.807, 2.05) is 0 Å². The molecule has 2 unspecified atom stereocenters. The minimum absolute atomic E-state index is 0.206. The number of halogens is 3. The topological polar surface area (TPSA) is 86.7 Å². The lowest BCUT2D eigenvalue weighted by Gasteiger charge is -2.19. The van der Waals surface area contributed by atoms with Gasteiger partial charge in [-0.15, -0.1) is 0 Å². The van der Waals surface area contributed by atoms with Gasteiger partial charge in [0, 0.05) is 19.5 Å². The highest BCUT2D eigenvalue weighted by atomic mass is 19.4. The molecular weight excluding hydrogens is 341 g/mol. The van der Waals surface area contributed by atoms with Gasteiger partial charge >= 0.3 is 12.1 Å². The zero-order chi connectivity index (χ0) is 18.6. The molecule has 9 heteroatoms. The largest absolute Gasteiger partial charge is 0.481 e. The Morgan fingerprint density at radius 2 is 1.92 bits per heavy atom. The monoisotopic (exact) mass is 358 g/mol. The first-order chi connectivity index (χ1) is 11.7. The summed E-state index contributed by atoms with van der Waals surface area (Å²) in [5.41, 5.74) is 0.497. The van der Waals surface area contributed by atoms with Gasteiger partial charge in [-0.05, 0) is 5.56 Å². The van der Waals surface area contributed by atoms with Gasteiger partial charge in [0.15, 0.2) is 0 Å². The third kappa shape index (κ3) is 5.20. The van der Waals surface area contributed by atoms with Crippen molar-refractivity contribution in [3.8, 4) is 0 Å². The first-order valence-electron chi connectivity index (χ1n) is 7.57. The number of likely N-dealkylation sites (tertiary alicyclic amines) is 1. The smallest absolute Gasteiger partial charge is 0.406 e. The summed E-state index contributed by atoms with van der Waals surface area (Å²) in [5.74, 6) is -4.39. The number of benzene rings is 1. The number of rotatable bonds is 6. The van der Waals surface area contributed by atoms with Gasteiger partial charge < -0.3 is 15.3 Å². The molecule has 1 saturated heterocycles. The average molecular weight is 358 g/mol. The second-order valence-corrected chi connectivity index (χ2v) is 5.84. The third-order valence-corrected chi connectivity index (χ3v) is 3.94. The van der Waals surface area contributed by atoms with E-state index in [1.54, 1.807) is 30.3 Å². The molecule has 0 aliphatic carbocycles. The molecule has 1 fully saturated rings. The number of carboxylic acids is 1. The Hall–Kier alpha value is -2.58. The normalized spacial score (nSPS) is 18.9. The van der Waals surface area contributed by atoms with E-state index in [-0.39, 0.29) is 19.5 Å². The zero-order valence-electron chi connectivity index (χ0n) is 13.1. The van der Waals surface area contributed by atoms with Crippen LogP contribution in [0.25, 0.3) is 0 Å². The standard InChI is InChI=1S/C16H17F3N2O4/c17-16(18,19)9-21-8-11(6-13(21)22)14(23)20-7-12(15(24)25)10-4-2-1-3-5-10/h1-5,11-12H,6-9H2,(H,20,23)(H,24,25). The minimum Gasteiger partial charge on any atom is -0.481 e. The fourth-order valence-corrected chi connectivity index (χ4v) is 2.70. The van der Waals surface area contributed by atoms with Crippen LogP contribution in [-0.2, 0) is 14.4 Å². The van der Waals surface area contributed by atoms with Crippen LogP contribution in [0.2, 0.25) is 0 Å². The first-order valence-corrected chi connectivity index (χ1v) is 7.57. The van der Waals surface area contributed by atoms with E-state index < -0.39 is 42.3 Å². The Bertz CT molecular complexity index is 649. The van der Waals surface area contributed by atoms with Crippen molar-refractivity contribution in [2.45, 2.75) is 18.5 Å². The van der Waals surface area contributed by atoms with Crippen molar-refractivity contribution in [3.63, 3.8) is 0 Å². The molecule has 1 heterocycles. The Kier molecular flexibility index (Phi) is 5.66. The van der Waals surface area contributed by atoms with Crippen molar-refractivity contribution in [1.82, 2.24) is 10.2 Å². The van der Waals surface area contributed by atoms with Crippen LogP contribution in [0, 0.1) is 5.92 Å². The van der Waals surface area contributed by atoms with E-state index >= 15 is 0 Å². The van der Waals surface area contributed by atoms with E-state index in [2.05, 4.69) is 5.32 Å². The number of hydrogen-bond donors (Lipinski definition) is 2. The number of amides is 2. The van der Waals surface area contributed by atoms with Gasteiger partial charge in [-0.3, -0.25) is 14.4 Å². The lowest BCUT2D eigenvalue weighted by Crippen LogP contribution is -2.38. The fraction of sp³-hybridized carbons (Fsp3) is 0.438. The molecule has 2 rings (SSSR count). The van der Waals surface area contributed by atoms with Crippen LogP contribution >= 0.6 is 0 Å². The van der Waals surface area contributed by atoms with Gasteiger partial charge in [0.05, 0.1) is 11.8 Å². The number of carbonyl (C=O) groups is 3. The Morgan fingerprint density at radius 1 is 1.28 bits per heavy atom. The van der Waals surface area contributed by atoms with Gasteiger partial charge in [0.2, 0.25) is 11.8 Å². The fourth-order valence-electron chi connectivity index (χ4n) is 2.70. The summed E-state index contributed by atoms with van der Waals surface area (Å²) in [6.07, 6.45) is -4.84. The molecule has 0 bridgehead atoms. The maximum absolute atomic E-state index is 12.4. The van der Waals surface area contributed by atoms with E-state index in [0.29, 0.717) is 10.5 Å². The van der Waals surface area contributed by atoms with Crippen LogP contribution in [0.5, 0.6) is 0 Å². The van der Waals surface area contributed by atoms with Crippen molar-refractivity contribution in [2.24, 2.45) is 5.92 Å².